The molecule has 11 heteroatoms. The summed E-state index contributed by atoms with van der Waals surface area (Å²) in [6, 6.07) is 12.2. The first-order valence-corrected chi connectivity index (χ1v) is 11.5. The number of carbonyl (C=O) groups excluding carboxylic acids is 2. The minimum absolute atomic E-state index is 0.0950. The highest BCUT2D eigenvalue weighted by Crippen LogP contribution is 2.35. The van der Waals surface area contributed by atoms with Crippen molar-refractivity contribution >= 4 is 52.4 Å². The zero-order chi connectivity index (χ0) is 24.5. The van der Waals surface area contributed by atoms with E-state index < -0.39 is 0 Å². The quantitative estimate of drug-likeness (QED) is 0.572. The Morgan fingerprint density at radius 3 is 2.63 bits per heavy atom. The molecule has 2 aliphatic rings. The number of rotatable bonds is 4. The van der Waals surface area contributed by atoms with Gasteiger partial charge < -0.3 is 20.7 Å². The molecule has 0 aliphatic carbocycles. The predicted octanol–water partition coefficient (Wildman–Crippen LogP) is 3.38. The summed E-state index contributed by atoms with van der Waals surface area (Å²) in [7, 11) is 1.61. The zero-order valence-electron chi connectivity index (χ0n) is 19.1. The molecule has 35 heavy (non-hydrogen) atoms. The Bertz CT molecular complexity index is 1280. The number of nitrogens with zero attached hydrogens (tertiary/aromatic N) is 5. The first-order chi connectivity index (χ1) is 16.9. The number of hydrogen-bond acceptors (Lipinski definition) is 7. The van der Waals surface area contributed by atoms with Crippen molar-refractivity contribution in [2.24, 2.45) is 0 Å². The van der Waals surface area contributed by atoms with Crippen LogP contribution in [-0.4, -0.2) is 55.3 Å². The lowest BCUT2D eigenvalue weighted by Crippen LogP contribution is -2.46. The predicted molar refractivity (Wildman–Crippen MR) is 135 cm³/mol. The first kappa shape index (κ1) is 22.9. The van der Waals surface area contributed by atoms with Crippen molar-refractivity contribution in [2.45, 2.75) is 6.54 Å². The van der Waals surface area contributed by atoms with E-state index in [1.54, 1.807) is 43.6 Å². The van der Waals surface area contributed by atoms with Gasteiger partial charge in [-0.15, -0.1) is 0 Å². The van der Waals surface area contributed by atoms with Crippen LogP contribution in [-0.2, 0) is 11.3 Å². The summed E-state index contributed by atoms with van der Waals surface area (Å²) in [4.78, 5) is 39.3. The van der Waals surface area contributed by atoms with E-state index in [1.807, 2.05) is 12.1 Å². The Kier molecular flexibility index (Phi) is 6.14. The number of nitrogen functional groups attached to an aromatic ring is 1. The Morgan fingerprint density at radius 1 is 1.14 bits per heavy atom. The average Bonchev–Trinajstić information content (AvgIpc) is 2.88. The van der Waals surface area contributed by atoms with Crippen LogP contribution in [0.15, 0.2) is 48.7 Å². The standard InChI is InChI=1S/C24H24ClN7O3/c1-30-21-16(13-27-23(26)29-21)14-32(24(30)34)20-12-17(4-7-19(20)25)28-22(33)15-2-5-18(6-3-15)31-8-10-35-11-9-31/h2-7,12-13H,8-11,14H2,1H3,(H,28,33)(H2,26,27,29). The topological polar surface area (TPSA) is 117 Å². The number of urea groups is 1. The van der Waals surface area contributed by atoms with Crippen molar-refractivity contribution < 1.29 is 14.3 Å². The second-order valence-electron chi connectivity index (χ2n) is 8.27. The average molecular weight is 494 g/mol. The molecule has 1 aromatic heterocycles. The Labute approximate surface area is 207 Å². The van der Waals surface area contributed by atoms with E-state index in [0.717, 1.165) is 24.3 Å². The molecule has 3 N–H and O–H groups in total. The Hall–Kier alpha value is -3.89. The van der Waals surface area contributed by atoms with Crippen LogP contribution in [0, 0.1) is 0 Å². The molecule has 2 aromatic carbocycles. The second-order valence-corrected chi connectivity index (χ2v) is 8.68. The molecule has 3 aromatic rings. The van der Waals surface area contributed by atoms with E-state index in [4.69, 9.17) is 22.1 Å². The smallest absolute Gasteiger partial charge is 0.330 e. The third kappa shape index (κ3) is 4.58. The van der Waals surface area contributed by atoms with Crippen molar-refractivity contribution in [3.05, 3.63) is 64.8 Å². The molecule has 180 valence electrons. The molecular formula is C24H24ClN7O3. The maximum atomic E-state index is 13.1. The van der Waals surface area contributed by atoms with Gasteiger partial charge in [-0.25, -0.2) is 9.78 Å². The number of morpholine rings is 1. The number of aromatic nitrogens is 2. The molecule has 0 unspecified atom stereocenters. The fourth-order valence-electron chi connectivity index (χ4n) is 4.16. The summed E-state index contributed by atoms with van der Waals surface area (Å²) in [5.41, 5.74) is 8.96. The summed E-state index contributed by atoms with van der Waals surface area (Å²) in [5.74, 6) is 0.292. The third-order valence-corrected chi connectivity index (χ3v) is 6.34. The van der Waals surface area contributed by atoms with E-state index in [9.17, 15) is 9.59 Å². The van der Waals surface area contributed by atoms with E-state index >= 15 is 0 Å². The molecule has 0 spiro atoms. The maximum absolute atomic E-state index is 13.1. The summed E-state index contributed by atoms with van der Waals surface area (Å²) in [6.45, 7) is 3.27. The van der Waals surface area contributed by atoms with Gasteiger partial charge in [0.05, 0.1) is 30.5 Å². The van der Waals surface area contributed by atoms with Crippen LogP contribution in [0.2, 0.25) is 5.02 Å². The van der Waals surface area contributed by atoms with Gasteiger partial charge in [0.25, 0.3) is 5.91 Å². The summed E-state index contributed by atoms with van der Waals surface area (Å²) in [5, 5.41) is 3.27. The van der Waals surface area contributed by atoms with Gasteiger partial charge in [0.2, 0.25) is 5.95 Å². The Morgan fingerprint density at radius 2 is 1.89 bits per heavy atom. The van der Waals surface area contributed by atoms with Gasteiger partial charge in [0.15, 0.2) is 0 Å². The van der Waals surface area contributed by atoms with Gasteiger partial charge in [0, 0.05) is 48.8 Å². The minimum atomic E-state index is -0.320. The van der Waals surface area contributed by atoms with Crippen LogP contribution >= 0.6 is 11.6 Å². The summed E-state index contributed by atoms with van der Waals surface area (Å²) >= 11 is 6.45. The molecule has 0 atom stereocenters. The molecule has 0 bridgehead atoms. The second kappa shape index (κ2) is 9.40. The lowest BCUT2D eigenvalue weighted by molar-refractivity contribution is 0.102. The van der Waals surface area contributed by atoms with Gasteiger partial charge in [0.1, 0.15) is 5.82 Å². The van der Waals surface area contributed by atoms with Crippen molar-refractivity contribution in [2.75, 3.05) is 59.1 Å². The number of amides is 3. The number of fused-ring (bicyclic) bond motifs is 1. The van der Waals surface area contributed by atoms with Gasteiger partial charge in [-0.3, -0.25) is 14.6 Å². The number of nitrogens with one attached hydrogen (secondary N) is 1. The highest BCUT2D eigenvalue weighted by Gasteiger charge is 2.31. The number of carbonyl (C=O) groups is 2. The maximum Gasteiger partial charge on any atom is 0.330 e. The molecule has 1 saturated heterocycles. The molecule has 1 fully saturated rings. The van der Waals surface area contributed by atoms with Gasteiger partial charge >= 0.3 is 6.03 Å². The minimum Gasteiger partial charge on any atom is -0.378 e. The van der Waals surface area contributed by atoms with Crippen molar-refractivity contribution in [3.8, 4) is 0 Å². The number of ether oxygens (including phenoxy) is 1. The van der Waals surface area contributed by atoms with E-state index in [-0.39, 0.29) is 24.4 Å². The summed E-state index contributed by atoms with van der Waals surface area (Å²) in [6.07, 6.45) is 1.59. The molecule has 0 radical (unpaired) electrons. The largest absolute Gasteiger partial charge is 0.378 e. The highest BCUT2D eigenvalue weighted by molar-refractivity contribution is 6.34. The lowest BCUT2D eigenvalue weighted by atomic mass is 10.1. The molecule has 5 rings (SSSR count). The highest BCUT2D eigenvalue weighted by atomic mass is 35.5. The SMILES string of the molecule is CN1C(=O)N(c2cc(NC(=O)c3ccc(N4CCOCC4)cc3)ccc2Cl)Cc2cnc(N)nc21. The van der Waals surface area contributed by atoms with Crippen LogP contribution in [0.25, 0.3) is 0 Å². The zero-order valence-corrected chi connectivity index (χ0v) is 19.8. The third-order valence-electron chi connectivity index (χ3n) is 6.02. The molecular weight excluding hydrogens is 470 g/mol. The first-order valence-electron chi connectivity index (χ1n) is 11.1. The number of halogens is 1. The number of nitrogens with two attached hydrogens (primary N) is 1. The molecule has 0 saturated carbocycles. The van der Waals surface area contributed by atoms with Crippen LogP contribution < -0.4 is 25.8 Å². The van der Waals surface area contributed by atoms with E-state index in [1.165, 1.54) is 9.80 Å². The number of benzene rings is 2. The van der Waals surface area contributed by atoms with E-state index in [2.05, 4.69) is 20.2 Å². The fourth-order valence-corrected chi connectivity index (χ4v) is 4.38. The molecule has 2 aliphatic heterocycles. The van der Waals surface area contributed by atoms with Crippen LogP contribution in [0.1, 0.15) is 15.9 Å². The van der Waals surface area contributed by atoms with Gasteiger partial charge in [-0.2, -0.15) is 4.98 Å². The van der Waals surface area contributed by atoms with Crippen LogP contribution in [0.3, 0.4) is 0 Å². The van der Waals surface area contributed by atoms with Gasteiger partial charge in [-0.1, -0.05) is 11.6 Å². The van der Waals surface area contributed by atoms with Gasteiger partial charge in [-0.05, 0) is 42.5 Å². The normalized spacial score (nSPS) is 15.7. The number of hydrogen-bond donors (Lipinski definition) is 2. The number of anilines is 5. The van der Waals surface area contributed by atoms with Crippen molar-refractivity contribution in [1.82, 2.24) is 9.97 Å². The fraction of sp³-hybridized carbons (Fsp3) is 0.250. The monoisotopic (exact) mass is 493 g/mol. The van der Waals surface area contributed by atoms with Crippen molar-refractivity contribution in [1.29, 1.82) is 0 Å². The van der Waals surface area contributed by atoms with E-state index in [0.29, 0.717) is 41.0 Å². The molecule has 3 heterocycles. The van der Waals surface area contributed by atoms with Crippen LogP contribution in [0.5, 0.6) is 0 Å². The molecule has 3 amide bonds. The van der Waals surface area contributed by atoms with Crippen LogP contribution in [0.4, 0.5) is 33.6 Å². The lowest BCUT2D eigenvalue weighted by Gasteiger charge is -2.34. The Balaban J connectivity index is 1.34. The molecule has 10 nitrogen and oxygen atoms in total. The van der Waals surface area contributed by atoms with Crippen molar-refractivity contribution in [3.63, 3.8) is 0 Å². The summed E-state index contributed by atoms with van der Waals surface area (Å²) < 4.78 is 5.39.